The zero-order valence-corrected chi connectivity index (χ0v) is 18.8. The number of nitrogens with two attached hydrogens (primary N) is 1. The molecule has 170 valence electrons. The standard InChI is InChI=1S/C25H25FN4O3/c1-24(2,3)13-32-22-10-18-20(11-29-22)33-19-7-6-15(16-5-4-8-28-23(16)26)9-17(19)25(18)14-31-12-21(27)30-25/h4-11H,12-14H2,1-3H3,(H2,27,30). The van der Waals surface area contributed by atoms with Gasteiger partial charge in [-0.25, -0.2) is 9.97 Å². The maximum absolute atomic E-state index is 14.4. The predicted molar refractivity (Wildman–Crippen MR) is 122 cm³/mol. The number of pyridine rings is 2. The van der Waals surface area contributed by atoms with Crippen molar-refractivity contribution in [2.75, 3.05) is 19.8 Å². The fraction of sp³-hybridized carbons (Fsp3) is 0.320. The van der Waals surface area contributed by atoms with Gasteiger partial charge in [0.05, 0.1) is 19.4 Å². The average Bonchev–Trinajstić information content (AvgIpc) is 2.78. The summed E-state index contributed by atoms with van der Waals surface area (Å²) in [4.78, 5) is 13.1. The minimum Gasteiger partial charge on any atom is -0.477 e. The van der Waals surface area contributed by atoms with E-state index in [1.165, 1.54) is 6.20 Å². The molecule has 2 N–H and O–H groups in total. The van der Waals surface area contributed by atoms with E-state index in [-0.39, 0.29) is 18.6 Å². The Morgan fingerprint density at radius 2 is 1.94 bits per heavy atom. The first kappa shape index (κ1) is 21.3. The Morgan fingerprint density at radius 1 is 1.12 bits per heavy atom. The van der Waals surface area contributed by atoms with E-state index < -0.39 is 11.5 Å². The molecule has 2 aliphatic rings. The van der Waals surface area contributed by atoms with E-state index in [1.54, 1.807) is 30.5 Å². The third-order valence-corrected chi connectivity index (χ3v) is 5.55. The molecule has 1 aromatic carbocycles. The summed E-state index contributed by atoms with van der Waals surface area (Å²) in [6.07, 6.45) is 3.05. The third kappa shape index (κ3) is 3.91. The molecule has 7 nitrogen and oxygen atoms in total. The van der Waals surface area contributed by atoms with Crippen LogP contribution in [0, 0.1) is 11.4 Å². The molecule has 1 spiro atoms. The Labute approximate surface area is 191 Å². The van der Waals surface area contributed by atoms with Crippen LogP contribution in [0.15, 0.2) is 53.8 Å². The van der Waals surface area contributed by atoms with Gasteiger partial charge in [-0.15, -0.1) is 0 Å². The van der Waals surface area contributed by atoms with Crippen molar-refractivity contribution in [3.63, 3.8) is 0 Å². The molecule has 0 radical (unpaired) electrons. The van der Waals surface area contributed by atoms with E-state index in [0.717, 1.165) is 11.1 Å². The number of hydrogen-bond donors (Lipinski definition) is 1. The van der Waals surface area contributed by atoms with Gasteiger partial charge in [-0.1, -0.05) is 26.8 Å². The van der Waals surface area contributed by atoms with Gasteiger partial charge in [0.15, 0.2) is 5.75 Å². The maximum Gasteiger partial charge on any atom is 0.220 e. The molecule has 4 heterocycles. The number of aromatic nitrogens is 2. The number of halogens is 1. The summed E-state index contributed by atoms with van der Waals surface area (Å²) in [5, 5.41) is 0. The molecular formula is C25H25FN4O3. The van der Waals surface area contributed by atoms with Crippen LogP contribution < -0.4 is 15.2 Å². The molecule has 5 rings (SSSR count). The Bertz CT molecular complexity index is 1250. The highest BCUT2D eigenvalue weighted by atomic mass is 19.1. The number of fused-ring (bicyclic) bond motifs is 4. The Hall–Kier alpha value is -3.52. The number of rotatable bonds is 3. The molecule has 33 heavy (non-hydrogen) atoms. The van der Waals surface area contributed by atoms with Crippen molar-refractivity contribution in [2.24, 2.45) is 16.1 Å². The lowest BCUT2D eigenvalue weighted by Crippen LogP contribution is -2.42. The number of aliphatic imine (C=N–C) groups is 1. The molecular weight excluding hydrogens is 423 g/mol. The topological polar surface area (TPSA) is 91.8 Å². The number of nitrogens with zero attached hydrogens (tertiary/aromatic N) is 3. The lowest BCUT2D eigenvalue weighted by Gasteiger charge is -2.39. The van der Waals surface area contributed by atoms with Crippen LogP contribution in [0.3, 0.4) is 0 Å². The van der Waals surface area contributed by atoms with Crippen LogP contribution in [-0.4, -0.2) is 35.6 Å². The number of benzene rings is 1. The molecule has 3 aromatic rings. The molecule has 2 aliphatic heterocycles. The summed E-state index contributed by atoms with van der Waals surface area (Å²) in [5.41, 5.74) is 7.66. The van der Waals surface area contributed by atoms with Gasteiger partial charge in [0.1, 0.15) is 23.7 Å². The molecule has 0 bridgehead atoms. The molecule has 8 heteroatoms. The van der Waals surface area contributed by atoms with Crippen molar-refractivity contribution in [3.05, 3.63) is 65.9 Å². The van der Waals surface area contributed by atoms with Gasteiger partial charge >= 0.3 is 0 Å². The van der Waals surface area contributed by atoms with E-state index in [2.05, 4.69) is 30.7 Å². The van der Waals surface area contributed by atoms with Gasteiger partial charge in [-0.3, -0.25) is 4.99 Å². The normalized spacial score (nSPS) is 19.3. The molecule has 0 fully saturated rings. The second-order valence-corrected chi connectivity index (χ2v) is 9.48. The smallest absolute Gasteiger partial charge is 0.220 e. The Morgan fingerprint density at radius 3 is 2.70 bits per heavy atom. The molecule has 1 unspecified atom stereocenters. The van der Waals surface area contributed by atoms with Gasteiger partial charge in [0.25, 0.3) is 0 Å². The molecule has 1 atom stereocenters. The van der Waals surface area contributed by atoms with Crippen LogP contribution in [0.4, 0.5) is 4.39 Å². The minimum atomic E-state index is -0.970. The van der Waals surface area contributed by atoms with Crippen LogP contribution >= 0.6 is 0 Å². The zero-order valence-electron chi connectivity index (χ0n) is 18.8. The summed E-state index contributed by atoms with van der Waals surface area (Å²) in [6, 6.07) is 10.7. The largest absolute Gasteiger partial charge is 0.477 e. The van der Waals surface area contributed by atoms with Gasteiger partial charge in [-0.2, -0.15) is 4.39 Å². The average molecular weight is 448 g/mol. The van der Waals surface area contributed by atoms with Gasteiger partial charge in [0.2, 0.25) is 11.8 Å². The zero-order chi connectivity index (χ0) is 23.2. The molecule has 0 aliphatic carbocycles. The van der Waals surface area contributed by atoms with Crippen molar-refractivity contribution in [3.8, 4) is 28.5 Å². The first-order valence-corrected chi connectivity index (χ1v) is 10.7. The first-order chi connectivity index (χ1) is 15.7. The van der Waals surface area contributed by atoms with Crippen molar-refractivity contribution in [1.82, 2.24) is 9.97 Å². The van der Waals surface area contributed by atoms with Crippen LogP contribution in [-0.2, 0) is 10.3 Å². The van der Waals surface area contributed by atoms with Crippen molar-refractivity contribution in [1.29, 1.82) is 0 Å². The summed E-state index contributed by atoms with van der Waals surface area (Å²) in [7, 11) is 0. The second kappa shape index (κ2) is 7.81. The fourth-order valence-electron chi connectivity index (χ4n) is 4.06. The lowest BCUT2D eigenvalue weighted by atomic mass is 9.80. The van der Waals surface area contributed by atoms with Gasteiger partial charge < -0.3 is 19.9 Å². The van der Waals surface area contributed by atoms with Crippen LogP contribution in [0.25, 0.3) is 11.1 Å². The molecule has 2 aromatic heterocycles. The van der Waals surface area contributed by atoms with Crippen LogP contribution in [0.1, 0.15) is 31.9 Å². The van der Waals surface area contributed by atoms with E-state index in [9.17, 15) is 4.39 Å². The summed E-state index contributed by atoms with van der Waals surface area (Å²) in [5.74, 6) is 1.42. The first-order valence-electron chi connectivity index (χ1n) is 10.7. The highest BCUT2D eigenvalue weighted by molar-refractivity contribution is 5.84. The highest BCUT2D eigenvalue weighted by Gasteiger charge is 2.45. The van der Waals surface area contributed by atoms with E-state index in [0.29, 0.717) is 40.9 Å². The number of hydrogen-bond acceptors (Lipinski definition) is 7. The number of amidine groups is 1. The predicted octanol–water partition coefficient (Wildman–Crippen LogP) is 4.44. The summed E-state index contributed by atoms with van der Waals surface area (Å²) < 4.78 is 32.4. The van der Waals surface area contributed by atoms with Crippen LogP contribution in [0.2, 0.25) is 0 Å². The van der Waals surface area contributed by atoms with Crippen molar-refractivity contribution < 1.29 is 18.6 Å². The number of ether oxygens (including phenoxy) is 3. The van der Waals surface area contributed by atoms with Gasteiger partial charge in [-0.05, 0) is 35.2 Å². The Kier molecular flexibility index (Phi) is 5.05. The second-order valence-electron chi connectivity index (χ2n) is 9.48. The van der Waals surface area contributed by atoms with Crippen molar-refractivity contribution in [2.45, 2.75) is 26.3 Å². The SMILES string of the molecule is CC(C)(C)COc1cc2c(cn1)Oc1ccc(-c3cccnc3F)cc1C21COCC(N)=N1. The quantitative estimate of drug-likeness (QED) is 0.596. The molecule has 0 amide bonds. The molecule has 0 saturated carbocycles. The summed E-state index contributed by atoms with van der Waals surface area (Å²) in [6.45, 7) is 7.25. The van der Waals surface area contributed by atoms with Crippen molar-refractivity contribution >= 4 is 5.84 Å². The fourth-order valence-corrected chi connectivity index (χ4v) is 4.06. The monoisotopic (exact) mass is 448 g/mol. The lowest BCUT2D eigenvalue weighted by molar-refractivity contribution is 0.109. The van der Waals surface area contributed by atoms with E-state index in [4.69, 9.17) is 24.9 Å². The van der Waals surface area contributed by atoms with E-state index in [1.807, 2.05) is 12.1 Å². The minimum absolute atomic E-state index is 0.0302. The van der Waals surface area contributed by atoms with Crippen LogP contribution in [0.5, 0.6) is 17.4 Å². The summed E-state index contributed by atoms with van der Waals surface area (Å²) >= 11 is 0. The third-order valence-electron chi connectivity index (χ3n) is 5.55. The highest BCUT2D eigenvalue weighted by Crippen LogP contribution is 2.51. The Balaban J connectivity index is 1.66. The molecule has 0 saturated heterocycles. The van der Waals surface area contributed by atoms with E-state index >= 15 is 0 Å². The van der Waals surface area contributed by atoms with Gasteiger partial charge in [0, 0.05) is 29.0 Å². The maximum atomic E-state index is 14.4.